The van der Waals surface area contributed by atoms with Gasteiger partial charge in [0.1, 0.15) is 5.75 Å². The van der Waals surface area contributed by atoms with Gasteiger partial charge < -0.3 is 4.74 Å². The summed E-state index contributed by atoms with van der Waals surface area (Å²) in [6.45, 7) is 5.51. The molecule has 0 radical (unpaired) electrons. The topological polar surface area (TPSA) is 73.2 Å². The maximum Gasteiger partial charge on any atom is 0.262 e. The number of sulfonamides is 1. The molecular formula is C19H21N3O3S. The van der Waals surface area contributed by atoms with Crippen molar-refractivity contribution in [1.29, 1.82) is 0 Å². The van der Waals surface area contributed by atoms with Crippen LogP contribution in [0.25, 0.3) is 5.69 Å². The summed E-state index contributed by atoms with van der Waals surface area (Å²) in [5.74, 6) is 0.664. The first-order valence-corrected chi connectivity index (χ1v) is 9.59. The number of aryl methyl sites for hydroxylation is 3. The maximum atomic E-state index is 12.9. The van der Waals surface area contributed by atoms with E-state index in [4.69, 9.17) is 4.74 Å². The number of benzene rings is 2. The van der Waals surface area contributed by atoms with E-state index in [9.17, 15) is 8.42 Å². The van der Waals surface area contributed by atoms with Crippen LogP contribution in [0.15, 0.2) is 53.6 Å². The zero-order chi connectivity index (χ0) is 18.9. The summed E-state index contributed by atoms with van der Waals surface area (Å²) in [4.78, 5) is 0.233. The van der Waals surface area contributed by atoms with Crippen molar-refractivity contribution in [3.8, 4) is 11.4 Å². The minimum Gasteiger partial charge on any atom is -0.496 e. The lowest BCUT2D eigenvalue weighted by atomic mass is 10.1. The van der Waals surface area contributed by atoms with Crippen molar-refractivity contribution in [2.24, 2.45) is 0 Å². The Kier molecular flexibility index (Phi) is 4.73. The van der Waals surface area contributed by atoms with E-state index in [1.165, 1.54) is 0 Å². The van der Waals surface area contributed by atoms with Crippen LogP contribution in [0.2, 0.25) is 0 Å². The van der Waals surface area contributed by atoms with E-state index in [1.54, 1.807) is 55.2 Å². The fraction of sp³-hybridized carbons (Fsp3) is 0.211. The molecule has 1 heterocycles. The number of nitrogens with one attached hydrogen (secondary N) is 1. The van der Waals surface area contributed by atoms with E-state index >= 15 is 0 Å². The third kappa shape index (κ3) is 3.43. The molecule has 0 aliphatic rings. The molecule has 2 aromatic carbocycles. The van der Waals surface area contributed by atoms with Gasteiger partial charge in [0.25, 0.3) is 10.0 Å². The van der Waals surface area contributed by atoms with Gasteiger partial charge in [0.2, 0.25) is 0 Å². The number of hydrogen-bond acceptors (Lipinski definition) is 4. The van der Waals surface area contributed by atoms with E-state index in [1.807, 2.05) is 26.0 Å². The Hall–Kier alpha value is -2.80. The van der Waals surface area contributed by atoms with Gasteiger partial charge in [0.15, 0.2) is 0 Å². The van der Waals surface area contributed by atoms with Gasteiger partial charge in [-0.1, -0.05) is 6.07 Å². The van der Waals surface area contributed by atoms with Crippen LogP contribution in [0.3, 0.4) is 0 Å². The third-order valence-corrected chi connectivity index (χ3v) is 5.68. The molecule has 1 N–H and O–H groups in total. The van der Waals surface area contributed by atoms with Crippen molar-refractivity contribution in [1.82, 2.24) is 9.78 Å². The Balaban J connectivity index is 1.96. The molecule has 0 unspecified atom stereocenters. The maximum absolute atomic E-state index is 12.9. The Morgan fingerprint density at radius 2 is 1.81 bits per heavy atom. The van der Waals surface area contributed by atoms with Crippen molar-refractivity contribution < 1.29 is 13.2 Å². The third-order valence-electron chi connectivity index (χ3n) is 4.16. The second-order valence-corrected chi connectivity index (χ2v) is 7.78. The molecule has 0 saturated carbocycles. The second kappa shape index (κ2) is 6.84. The molecule has 1 aromatic heterocycles. The van der Waals surface area contributed by atoms with E-state index in [0.29, 0.717) is 17.0 Å². The Bertz CT molecular complexity index is 1060. The highest BCUT2D eigenvalue weighted by molar-refractivity contribution is 7.92. The van der Waals surface area contributed by atoms with Crippen molar-refractivity contribution >= 4 is 15.7 Å². The fourth-order valence-electron chi connectivity index (χ4n) is 2.82. The average Bonchev–Trinajstić information content (AvgIpc) is 3.02. The van der Waals surface area contributed by atoms with Crippen LogP contribution in [0.4, 0.5) is 5.69 Å². The van der Waals surface area contributed by atoms with Crippen molar-refractivity contribution in [3.05, 3.63) is 65.5 Å². The summed E-state index contributed by atoms with van der Waals surface area (Å²) in [5, 5.41) is 4.25. The molecule has 136 valence electrons. The molecule has 0 spiro atoms. The molecule has 0 aliphatic heterocycles. The zero-order valence-corrected chi connectivity index (χ0v) is 16.0. The molecule has 3 rings (SSSR count). The number of ether oxygens (including phenoxy) is 1. The summed E-state index contributed by atoms with van der Waals surface area (Å²) in [6.07, 6.45) is 1.70. The molecule has 0 amide bonds. The molecule has 0 atom stereocenters. The van der Waals surface area contributed by atoms with Gasteiger partial charge in [-0.3, -0.25) is 4.72 Å². The van der Waals surface area contributed by atoms with Gasteiger partial charge in [-0.2, -0.15) is 5.10 Å². The number of rotatable bonds is 5. The first-order valence-electron chi connectivity index (χ1n) is 8.11. The van der Waals surface area contributed by atoms with Crippen LogP contribution in [0, 0.1) is 20.8 Å². The second-order valence-electron chi connectivity index (χ2n) is 6.13. The monoisotopic (exact) mass is 371 g/mol. The molecule has 0 bridgehead atoms. The highest BCUT2D eigenvalue weighted by Gasteiger charge is 2.19. The average molecular weight is 371 g/mol. The first-order chi connectivity index (χ1) is 12.3. The fourth-order valence-corrected chi connectivity index (χ4v) is 4.19. The quantitative estimate of drug-likeness (QED) is 0.744. The summed E-state index contributed by atoms with van der Waals surface area (Å²) < 4.78 is 35.4. The molecular weight excluding hydrogens is 350 g/mol. The predicted octanol–water partition coefficient (Wildman–Crippen LogP) is 3.61. The Morgan fingerprint density at radius 1 is 1.04 bits per heavy atom. The first kappa shape index (κ1) is 18.0. The lowest BCUT2D eigenvalue weighted by Gasteiger charge is -2.14. The van der Waals surface area contributed by atoms with Crippen LogP contribution in [0.1, 0.15) is 16.8 Å². The van der Waals surface area contributed by atoms with Crippen LogP contribution in [0.5, 0.6) is 5.75 Å². The molecule has 0 saturated heterocycles. The van der Waals surface area contributed by atoms with Crippen molar-refractivity contribution in [2.45, 2.75) is 25.7 Å². The molecule has 26 heavy (non-hydrogen) atoms. The van der Waals surface area contributed by atoms with Crippen LogP contribution in [-0.2, 0) is 10.0 Å². The number of anilines is 1. The molecule has 3 aromatic rings. The van der Waals surface area contributed by atoms with E-state index in [2.05, 4.69) is 9.82 Å². The van der Waals surface area contributed by atoms with Gasteiger partial charge in [0.05, 0.1) is 23.4 Å². The lowest BCUT2D eigenvalue weighted by Crippen LogP contribution is -2.15. The molecule has 6 nitrogen and oxygen atoms in total. The number of methoxy groups -OCH3 is 1. The number of aromatic nitrogens is 2. The van der Waals surface area contributed by atoms with Gasteiger partial charge in [0, 0.05) is 11.9 Å². The van der Waals surface area contributed by atoms with E-state index < -0.39 is 10.0 Å². The SMILES string of the molecule is COc1cc(C)c(S(=O)(=O)Nc2cccc(-n3nccc3C)c2)cc1C. The largest absolute Gasteiger partial charge is 0.496 e. The molecule has 0 fully saturated rings. The molecule has 7 heteroatoms. The van der Waals surface area contributed by atoms with Crippen LogP contribution >= 0.6 is 0 Å². The summed E-state index contributed by atoms with van der Waals surface area (Å²) in [5.41, 5.74) is 3.62. The Labute approximate surface area is 153 Å². The number of nitrogens with zero attached hydrogens (tertiary/aromatic N) is 2. The van der Waals surface area contributed by atoms with Crippen molar-refractivity contribution in [2.75, 3.05) is 11.8 Å². The van der Waals surface area contributed by atoms with Gasteiger partial charge in [-0.15, -0.1) is 0 Å². The highest BCUT2D eigenvalue weighted by atomic mass is 32.2. The van der Waals surface area contributed by atoms with Gasteiger partial charge in [-0.25, -0.2) is 13.1 Å². The van der Waals surface area contributed by atoms with E-state index in [0.717, 1.165) is 16.9 Å². The van der Waals surface area contributed by atoms with E-state index in [-0.39, 0.29) is 4.90 Å². The zero-order valence-electron chi connectivity index (χ0n) is 15.1. The highest BCUT2D eigenvalue weighted by Crippen LogP contribution is 2.27. The molecule has 0 aliphatic carbocycles. The summed E-state index contributed by atoms with van der Waals surface area (Å²) in [6, 6.07) is 12.4. The van der Waals surface area contributed by atoms with Gasteiger partial charge >= 0.3 is 0 Å². The smallest absolute Gasteiger partial charge is 0.262 e. The number of hydrogen-bond donors (Lipinski definition) is 1. The standard InChI is InChI=1S/C19H21N3O3S/c1-13-11-19(14(2)10-18(13)25-4)26(23,24)21-16-6-5-7-17(12-16)22-15(3)8-9-20-22/h5-12,21H,1-4H3. The van der Waals surface area contributed by atoms with Gasteiger partial charge in [-0.05, 0) is 68.3 Å². The summed E-state index contributed by atoms with van der Waals surface area (Å²) in [7, 11) is -2.16. The van der Waals surface area contributed by atoms with Crippen LogP contribution in [-0.4, -0.2) is 25.3 Å². The summed E-state index contributed by atoms with van der Waals surface area (Å²) >= 11 is 0. The predicted molar refractivity (Wildman–Crippen MR) is 102 cm³/mol. The van der Waals surface area contributed by atoms with Crippen LogP contribution < -0.4 is 9.46 Å². The normalized spacial score (nSPS) is 11.4. The lowest BCUT2D eigenvalue weighted by molar-refractivity contribution is 0.411. The minimum absolute atomic E-state index is 0.233. The van der Waals surface area contributed by atoms with Crippen molar-refractivity contribution in [3.63, 3.8) is 0 Å². The minimum atomic E-state index is -3.72. The Morgan fingerprint density at radius 3 is 2.46 bits per heavy atom.